The van der Waals surface area contributed by atoms with E-state index in [4.69, 9.17) is 9.47 Å². The molecule has 4 aromatic carbocycles. The van der Waals surface area contributed by atoms with Crippen molar-refractivity contribution in [2.75, 3.05) is 19.0 Å². The van der Waals surface area contributed by atoms with Crippen molar-refractivity contribution in [2.45, 2.75) is 30.8 Å². The summed E-state index contributed by atoms with van der Waals surface area (Å²) >= 11 is 0. The lowest BCUT2D eigenvalue weighted by Gasteiger charge is -2.38. The second-order valence-corrected chi connectivity index (χ2v) is 11.4. The predicted molar refractivity (Wildman–Crippen MR) is 168 cm³/mol. The van der Waals surface area contributed by atoms with Gasteiger partial charge in [0.25, 0.3) is 0 Å². The van der Waals surface area contributed by atoms with E-state index in [1.165, 1.54) is 0 Å². The summed E-state index contributed by atoms with van der Waals surface area (Å²) < 4.78 is 11.1. The molecule has 44 heavy (non-hydrogen) atoms. The molecule has 0 bridgehead atoms. The molecule has 0 radical (unpaired) electrons. The van der Waals surface area contributed by atoms with E-state index in [0.29, 0.717) is 34.9 Å². The van der Waals surface area contributed by atoms with E-state index < -0.39 is 23.4 Å². The van der Waals surface area contributed by atoms with Crippen LogP contribution >= 0.6 is 0 Å². The first kappa shape index (κ1) is 27.7. The number of anilines is 1. The minimum Gasteiger partial charge on any atom is -0.497 e. The maximum Gasteiger partial charge on any atom is 0.238 e. The molecule has 7 heteroatoms. The van der Waals surface area contributed by atoms with Crippen LogP contribution in [0.3, 0.4) is 0 Å². The Morgan fingerprint density at radius 2 is 1.50 bits per heavy atom. The molecule has 3 heterocycles. The van der Waals surface area contributed by atoms with E-state index in [-0.39, 0.29) is 17.5 Å². The largest absolute Gasteiger partial charge is 0.497 e. The van der Waals surface area contributed by atoms with Crippen LogP contribution in [0.5, 0.6) is 11.5 Å². The van der Waals surface area contributed by atoms with Crippen LogP contribution in [0.1, 0.15) is 56.8 Å². The van der Waals surface area contributed by atoms with Gasteiger partial charge >= 0.3 is 0 Å². The van der Waals surface area contributed by atoms with Gasteiger partial charge in [-0.25, -0.2) is 0 Å². The van der Waals surface area contributed by atoms with Crippen LogP contribution in [0.25, 0.3) is 6.08 Å². The molecule has 1 amide bonds. The number of hydrogen-bond acceptors (Lipinski definition) is 6. The number of ketones is 2. The Balaban J connectivity index is 1.46. The predicted octanol–water partition coefficient (Wildman–Crippen LogP) is 6.47. The highest BCUT2D eigenvalue weighted by atomic mass is 16.5. The van der Waals surface area contributed by atoms with Gasteiger partial charge < -0.3 is 19.7 Å². The quantitative estimate of drug-likeness (QED) is 0.239. The van der Waals surface area contributed by atoms with Crippen LogP contribution < -0.4 is 14.8 Å². The second kappa shape index (κ2) is 10.8. The zero-order chi connectivity index (χ0) is 30.4. The second-order valence-electron chi connectivity index (χ2n) is 11.4. The third-order valence-electron chi connectivity index (χ3n) is 9.11. The van der Waals surface area contributed by atoms with Crippen LogP contribution in [-0.4, -0.2) is 42.1 Å². The number of para-hydroxylation sites is 1. The Bertz CT molecular complexity index is 1800. The van der Waals surface area contributed by atoms with E-state index in [0.717, 1.165) is 23.1 Å². The molecule has 0 aliphatic carbocycles. The number of amides is 1. The molecule has 0 aromatic heterocycles. The fourth-order valence-electron chi connectivity index (χ4n) is 7.21. The highest BCUT2D eigenvalue weighted by Gasteiger charge is 2.70. The highest BCUT2D eigenvalue weighted by molar-refractivity contribution is 6.16. The molecule has 1 fully saturated rings. The number of methoxy groups -OCH3 is 1. The first-order valence-corrected chi connectivity index (χ1v) is 14.9. The molecule has 3 aliphatic rings. The lowest BCUT2D eigenvalue weighted by atomic mass is 9.62. The summed E-state index contributed by atoms with van der Waals surface area (Å²) in [6.07, 6.45) is 4.70. The fourth-order valence-corrected chi connectivity index (χ4v) is 7.21. The number of nitrogens with zero attached hydrogens (tertiary/aromatic N) is 1. The van der Waals surface area contributed by atoms with Crippen LogP contribution in [-0.2, 0) is 10.2 Å². The maximum atomic E-state index is 14.9. The molecule has 0 saturated carbocycles. The van der Waals surface area contributed by atoms with E-state index >= 15 is 0 Å². The third-order valence-corrected chi connectivity index (χ3v) is 9.11. The summed E-state index contributed by atoms with van der Waals surface area (Å²) in [5.41, 5.74) is 2.70. The number of ether oxygens (including phenoxy) is 2. The van der Waals surface area contributed by atoms with Gasteiger partial charge in [-0.2, -0.15) is 0 Å². The zero-order valence-electron chi connectivity index (χ0n) is 24.5. The third kappa shape index (κ3) is 4.07. The number of carbonyl (C=O) groups is 3. The number of carbonyl (C=O) groups excluding carboxylic acids is 3. The Hall–Kier alpha value is -5.17. The normalized spacial score (nSPS) is 22.6. The van der Waals surface area contributed by atoms with Gasteiger partial charge in [0.05, 0.1) is 25.7 Å². The Morgan fingerprint density at radius 3 is 2.23 bits per heavy atom. The highest BCUT2D eigenvalue weighted by Crippen LogP contribution is 2.62. The molecular formula is C37H32N2O5. The van der Waals surface area contributed by atoms with E-state index in [9.17, 15) is 14.4 Å². The average Bonchev–Trinajstić information content (AvgIpc) is 3.55. The number of nitrogens with one attached hydrogen (secondary N) is 1. The van der Waals surface area contributed by atoms with Crippen LogP contribution in [0.15, 0.2) is 103 Å². The standard InChI is InChI=1S/C37H32N2O5/c1-3-22-44-27-18-14-24(15-19-27)33(40)31-32(34(41)25-12-16-26(43-2)17-13-25)39-21-20-23-8-4-5-9-28(23)35(39)37(31)29-10-6-7-11-30(29)38-36(37)42/h4-21,31-32,35H,3,22H2,1-2H3,(H,38,42)/t31-,32+,35-,37-/m0/s1. The first-order valence-electron chi connectivity index (χ1n) is 14.9. The van der Waals surface area contributed by atoms with Crippen LogP contribution in [0.4, 0.5) is 5.69 Å². The monoisotopic (exact) mass is 584 g/mol. The van der Waals surface area contributed by atoms with Gasteiger partial charge in [-0.3, -0.25) is 14.4 Å². The molecule has 7 nitrogen and oxygen atoms in total. The fraction of sp³-hybridized carbons (Fsp3) is 0.216. The summed E-state index contributed by atoms with van der Waals surface area (Å²) in [6, 6.07) is 27.8. The van der Waals surface area contributed by atoms with Crippen molar-refractivity contribution in [3.05, 3.63) is 131 Å². The van der Waals surface area contributed by atoms with Crippen molar-refractivity contribution in [2.24, 2.45) is 5.92 Å². The Kier molecular flexibility index (Phi) is 6.81. The maximum absolute atomic E-state index is 14.9. The first-order chi connectivity index (χ1) is 21.5. The topological polar surface area (TPSA) is 84.9 Å². The minimum atomic E-state index is -1.38. The summed E-state index contributed by atoms with van der Waals surface area (Å²) in [5.74, 6) is -0.554. The lowest BCUT2D eigenvalue weighted by molar-refractivity contribution is -0.122. The summed E-state index contributed by atoms with van der Waals surface area (Å²) in [6.45, 7) is 2.60. The average molecular weight is 585 g/mol. The summed E-state index contributed by atoms with van der Waals surface area (Å²) in [5, 5.41) is 3.09. The van der Waals surface area contributed by atoms with E-state index in [1.54, 1.807) is 55.6 Å². The van der Waals surface area contributed by atoms with Gasteiger partial charge in [0, 0.05) is 23.0 Å². The number of Topliss-reactive ketones (excluding diaryl/α,β-unsaturated/α-hetero) is 2. The van der Waals surface area contributed by atoms with Crippen LogP contribution in [0, 0.1) is 5.92 Å². The zero-order valence-corrected chi connectivity index (χ0v) is 24.5. The van der Waals surface area contributed by atoms with Crippen molar-refractivity contribution < 1.29 is 23.9 Å². The van der Waals surface area contributed by atoms with Crippen molar-refractivity contribution >= 4 is 29.2 Å². The van der Waals surface area contributed by atoms with Gasteiger partial charge in [0.1, 0.15) is 23.0 Å². The van der Waals surface area contributed by atoms with Gasteiger partial charge in [-0.1, -0.05) is 49.4 Å². The minimum absolute atomic E-state index is 0.239. The Labute approximate surface area is 256 Å². The van der Waals surface area contributed by atoms with Crippen molar-refractivity contribution in [3.8, 4) is 11.5 Å². The van der Waals surface area contributed by atoms with Gasteiger partial charge in [0.15, 0.2) is 11.6 Å². The van der Waals surface area contributed by atoms with E-state index in [2.05, 4.69) is 5.32 Å². The van der Waals surface area contributed by atoms with Gasteiger partial charge in [0.2, 0.25) is 5.91 Å². The molecular weight excluding hydrogens is 552 g/mol. The van der Waals surface area contributed by atoms with Crippen molar-refractivity contribution in [1.29, 1.82) is 0 Å². The number of hydrogen-bond donors (Lipinski definition) is 1. The number of fused-ring (bicyclic) bond motifs is 6. The SMILES string of the molecule is CCCOc1ccc(C(=O)[C@@H]2[C@H](C(=O)c3ccc(OC)cc3)N3C=Cc4ccccc4[C@H]3[C@@]23C(=O)Nc2ccccc23)cc1. The summed E-state index contributed by atoms with van der Waals surface area (Å²) in [4.78, 5) is 46.1. The van der Waals surface area contributed by atoms with Crippen molar-refractivity contribution in [3.63, 3.8) is 0 Å². The molecule has 0 unspecified atom stereocenters. The summed E-state index contributed by atoms with van der Waals surface area (Å²) in [7, 11) is 1.57. The van der Waals surface area contributed by atoms with Crippen molar-refractivity contribution in [1.82, 2.24) is 4.90 Å². The lowest BCUT2D eigenvalue weighted by Crippen LogP contribution is -2.49. The van der Waals surface area contributed by atoms with Gasteiger partial charge in [-0.15, -0.1) is 0 Å². The molecule has 1 spiro atoms. The molecule has 4 aromatic rings. The number of benzene rings is 4. The molecule has 1 saturated heterocycles. The van der Waals surface area contributed by atoms with Gasteiger partial charge in [-0.05, 0) is 83.8 Å². The molecule has 220 valence electrons. The molecule has 1 N–H and O–H groups in total. The molecule has 3 aliphatic heterocycles. The van der Waals surface area contributed by atoms with E-state index in [1.807, 2.05) is 72.6 Å². The molecule has 4 atom stereocenters. The Morgan fingerprint density at radius 1 is 0.841 bits per heavy atom. The molecule has 7 rings (SSSR count). The number of rotatable bonds is 8. The van der Waals surface area contributed by atoms with Crippen LogP contribution in [0.2, 0.25) is 0 Å². The smallest absolute Gasteiger partial charge is 0.238 e.